The van der Waals surface area contributed by atoms with E-state index in [4.69, 9.17) is 20.9 Å². The van der Waals surface area contributed by atoms with Crippen molar-refractivity contribution >= 4 is 17.5 Å². The zero-order valence-electron chi connectivity index (χ0n) is 12.2. The number of fused-ring (bicyclic) bond motifs is 2. The number of hydrogen-bond acceptors (Lipinski definition) is 5. The zero-order chi connectivity index (χ0) is 15.2. The highest BCUT2D eigenvalue weighted by molar-refractivity contribution is 5.87. The van der Waals surface area contributed by atoms with Crippen LogP contribution in [0.2, 0.25) is 0 Å². The van der Waals surface area contributed by atoms with Crippen LogP contribution in [0.3, 0.4) is 0 Å². The Morgan fingerprint density at radius 2 is 2.27 bits per heavy atom. The standard InChI is InChI=1S/C17H16N2O3/c1-2-12-3-4-13-10-19-8-7-17(21-11-16(20)22-17)6-5-15(19)18-14(13)9-12/h1,3-4,9H,5-8,10-11H2. The third-order valence-corrected chi connectivity index (χ3v) is 4.47. The lowest BCUT2D eigenvalue weighted by molar-refractivity contribution is -0.177. The second kappa shape index (κ2) is 4.85. The van der Waals surface area contributed by atoms with Gasteiger partial charge in [0, 0.05) is 37.9 Å². The normalized spacial score (nSPS) is 26.6. The van der Waals surface area contributed by atoms with Crippen molar-refractivity contribution in [3.05, 3.63) is 29.3 Å². The van der Waals surface area contributed by atoms with Crippen molar-refractivity contribution in [2.24, 2.45) is 4.99 Å². The third kappa shape index (κ3) is 2.16. The smallest absolute Gasteiger partial charge is 0.334 e. The fraction of sp³-hybridized carbons (Fsp3) is 0.412. The lowest BCUT2D eigenvalue weighted by Gasteiger charge is -2.29. The number of nitrogens with zero attached hydrogens (tertiary/aromatic N) is 2. The summed E-state index contributed by atoms with van der Waals surface area (Å²) in [6.07, 6.45) is 7.51. The van der Waals surface area contributed by atoms with Crippen molar-refractivity contribution in [3.63, 3.8) is 0 Å². The summed E-state index contributed by atoms with van der Waals surface area (Å²) >= 11 is 0. The maximum atomic E-state index is 11.4. The van der Waals surface area contributed by atoms with E-state index in [0.717, 1.165) is 36.6 Å². The minimum Gasteiger partial charge on any atom is -0.431 e. The molecule has 4 rings (SSSR count). The van der Waals surface area contributed by atoms with Crippen molar-refractivity contribution in [2.45, 2.75) is 31.6 Å². The average Bonchev–Trinajstić information content (AvgIpc) is 2.82. The fourth-order valence-corrected chi connectivity index (χ4v) is 3.26. The second-order valence-electron chi connectivity index (χ2n) is 5.86. The highest BCUT2D eigenvalue weighted by atomic mass is 16.8. The molecule has 0 aliphatic carbocycles. The maximum Gasteiger partial charge on any atom is 0.334 e. The number of amidine groups is 1. The summed E-state index contributed by atoms with van der Waals surface area (Å²) in [6.45, 7) is 1.63. The molecule has 2 saturated heterocycles. The molecule has 1 atom stereocenters. The van der Waals surface area contributed by atoms with Gasteiger partial charge >= 0.3 is 5.97 Å². The summed E-state index contributed by atoms with van der Waals surface area (Å²) in [5.74, 6) is 2.63. The van der Waals surface area contributed by atoms with Crippen molar-refractivity contribution in [3.8, 4) is 12.3 Å². The topological polar surface area (TPSA) is 51.1 Å². The lowest BCUT2D eigenvalue weighted by Crippen LogP contribution is -2.34. The first kappa shape index (κ1) is 13.4. The van der Waals surface area contributed by atoms with Crippen LogP contribution in [-0.2, 0) is 20.8 Å². The zero-order valence-corrected chi connectivity index (χ0v) is 12.2. The summed E-state index contributed by atoms with van der Waals surface area (Å²) in [4.78, 5) is 18.4. The van der Waals surface area contributed by atoms with E-state index in [-0.39, 0.29) is 12.6 Å². The molecular weight excluding hydrogens is 280 g/mol. The van der Waals surface area contributed by atoms with Gasteiger partial charge in [-0.25, -0.2) is 9.79 Å². The van der Waals surface area contributed by atoms with Crippen molar-refractivity contribution in [1.29, 1.82) is 0 Å². The van der Waals surface area contributed by atoms with Crippen molar-refractivity contribution in [2.75, 3.05) is 13.2 Å². The van der Waals surface area contributed by atoms with Crippen LogP contribution in [0.1, 0.15) is 30.4 Å². The minimum absolute atomic E-state index is 0.0538. The Morgan fingerprint density at radius 3 is 3.05 bits per heavy atom. The molecular formula is C17H16N2O3. The Balaban J connectivity index is 1.62. The number of esters is 1. The molecule has 0 radical (unpaired) electrons. The molecule has 3 heterocycles. The van der Waals surface area contributed by atoms with Crippen molar-refractivity contribution in [1.82, 2.24) is 4.90 Å². The molecule has 0 amide bonds. The Kier molecular flexibility index (Phi) is 2.95. The number of aliphatic imine (C=N–C) groups is 1. The molecule has 5 heteroatoms. The quantitative estimate of drug-likeness (QED) is 0.542. The average molecular weight is 296 g/mol. The summed E-state index contributed by atoms with van der Waals surface area (Å²) in [6, 6.07) is 5.94. The third-order valence-electron chi connectivity index (χ3n) is 4.47. The molecule has 22 heavy (non-hydrogen) atoms. The molecule has 2 fully saturated rings. The molecule has 0 aromatic heterocycles. The van der Waals surface area contributed by atoms with Gasteiger partial charge < -0.3 is 14.4 Å². The minimum atomic E-state index is -0.757. The predicted octanol–water partition coefficient (Wildman–Crippen LogP) is 1.97. The summed E-state index contributed by atoms with van der Waals surface area (Å²) in [5, 5.41) is 0. The van der Waals surface area contributed by atoms with Gasteiger partial charge in [0.2, 0.25) is 5.79 Å². The molecule has 3 aliphatic rings. The highest BCUT2D eigenvalue weighted by Crippen LogP contribution is 2.36. The molecule has 0 saturated carbocycles. The van der Waals surface area contributed by atoms with E-state index in [0.29, 0.717) is 12.8 Å². The van der Waals surface area contributed by atoms with Crippen LogP contribution >= 0.6 is 0 Å². The molecule has 1 unspecified atom stereocenters. The van der Waals surface area contributed by atoms with Gasteiger partial charge in [0.25, 0.3) is 0 Å². The molecule has 0 N–H and O–H groups in total. The van der Waals surface area contributed by atoms with Crippen LogP contribution in [0.15, 0.2) is 23.2 Å². The number of hydrogen-bond donors (Lipinski definition) is 0. The SMILES string of the molecule is C#Cc1ccc2c(c1)N=C1CCC3(CCN1C2)OCC(=O)O3. The van der Waals surface area contributed by atoms with Crippen LogP contribution in [0, 0.1) is 12.3 Å². The first-order valence-electron chi connectivity index (χ1n) is 7.45. The van der Waals surface area contributed by atoms with Crippen LogP contribution in [0.4, 0.5) is 5.69 Å². The van der Waals surface area contributed by atoms with Gasteiger partial charge in [-0.2, -0.15) is 0 Å². The number of carbonyl (C=O) groups is 1. The largest absolute Gasteiger partial charge is 0.431 e. The number of ether oxygens (including phenoxy) is 2. The number of benzene rings is 1. The van der Waals surface area contributed by atoms with Crippen LogP contribution in [0.25, 0.3) is 0 Å². The number of terminal acetylenes is 1. The first-order chi connectivity index (χ1) is 10.7. The van der Waals surface area contributed by atoms with Gasteiger partial charge in [0.15, 0.2) is 0 Å². The first-order valence-corrected chi connectivity index (χ1v) is 7.45. The van der Waals surface area contributed by atoms with Gasteiger partial charge in [-0.05, 0) is 17.7 Å². The Labute approximate surface area is 128 Å². The Bertz CT molecular complexity index is 719. The van der Waals surface area contributed by atoms with Gasteiger partial charge in [-0.15, -0.1) is 6.42 Å². The maximum absolute atomic E-state index is 11.4. The van der Waals surface area contributed by atoms with E-state index >= 15 is 0 Å². The summed E-state index contributed by atoms with van der Waals surface area (Å²) < 4.78 is 11.0. The van der Waals surface area contributed by atoms with Crippen LogP contribution < -0.4 is 0 Å². The molecule has 1 aromatic carbocycles. The van der Waals surface area contributed by atoms with Gasteiger partial charge in [-0.3, -0.25) is 0 Å². The van der Waals surface area contributed by atoms with E-state index in [1.165, 1.54) is 5.56 Å². The monoisotopic (exact) mass is 296 g/mol. The fourth-order valence-electron chi connectivity index (χ4n) is 3.26. The van der Waals surface area contributed by atoms with Gasteiger partial charge in [-0.1, -0.05) is 12.0 Å². The molecule has 3 aliphatic heterocycles. The van der Waals surface area contributed by atoms with E-state index in [1.54, 1.807) is 0 Å². The number of rotatable bonds is 0. The van der Waals surface area contributed by atoms with Gasteiger partial charge in [0.05, 0.1) is 5.69 Å². The molecule has 112 valence electrons. The predicted molar refractivity (Wildman–Crippen MR) is 80.5 cm³/mol. The Morgan fingerprint density at radius 1 is 1.36 bits per heavy atom. The van der Waals surface area contributed by atoms with E-state index in [9.17, 15) is 4.79 Å². The van der Waals surface area contributed by atoms with Crippen molar-refractivity contribution < 1.29 is 14.3 Å². The molecule has 1 aromatic rings. The van der Waals surface area contributed by atoms with E-state index < -0.39 is 5.79 Å². The Hall–Kier alpha value is -2.32. The summed E-state index contributed by atoms with van der Waals surface area (Å²) in [5.41, 5.74) is 2.96. The van der Waals surface area contributed by atoms with Gasteiger partial charge in [0.1, 0.15) is 12.4 Å². The highest BCUT2D eigenvalue weighted by Gasteiger charge is 2.44. The number of carbonyl (C=O) groups excluding carboxylic acids is 1. The molecule has 0 bridgehead atoms. The lowest BCUT2D eigenvalue weighted by atomic mass is 10.1. The molecule has 5 nitrogen and oxygen atoms in total. The second-order valence-corrected chi connectivity index (χ2v) is 5.86. The molecule has 1 spiro atoms. The van der Waals surface area contributed by atoms with E-state index in [2.05, 4.69) is 10.8 Å². The summed E-state index contributed by atoms with van der Waals surface area (Å²) in [7, 11) is 0. The van der Waals surface area contributed by atoms with E-state index in [1.807, 2.05) is 18.2 Å². The van der Waals surface area contributed by atoms with Crippen LogP contribution in [-0.4, -0.2) is 35.6 Å². The van der Waals surface area contributed by atoms with Crippen LogP contribution in [0.5, 0.6) is 0 Å².